The number of rotatable bonds is 2. The first-order chi connectivity index (χ1) is 13.2. The van der Waals surface area contributed by atoms with Crippen LogP contribution in [-0.4, -0.2) is 47.4 Å². The van der Waals surface area contributed by atoms with Gasteiger partial charge in [-0.05, 0) is 12.0 Å². The first-order valence-electron chi connectivity index (χ1n) is 8.72. The highest BCUT2D eigenvalue weighted by atomic mass is 32.2. The summed E-state index contributed by atoms with van der Waals surface area (Å²) in [4.78, 5) is 21.0. The van der Waals surface area contributed by atoms with E-state index in [-0.39, 0.29) is 0 Å². The van der Waals surface area contributed by atoms with E-state index in [1.165, 1.54) is 0 Å². The molecule has 8 heteroatoms. The second-order valence-electron chi connectivity index (χ2n) is 6.47. The minimum Gasteiger partial charge on any atom is -0.338 e. The third kappa shape index (κ3) is 2.62. The molecule has 1 atom stereocenters. The Bertz CT molecular complexity index is 1140. The summed E-state index contributed by atoms with van der Waals surface area (Å²) in [6.45, 7) is 1.51. The van der Waals surface area contributed by atoms with Crippen molar-refractivity contribution in [1.82, 2.24) is 24.3 Å². The molecule has 0 fully saturated rings. The van der Waals surface area contributed by atoms with Gasteiger partial charge < -0.3 is 4.90 Å². The maximum Gasteiger partial charge on any atom is 0.211 e. The van der Waals surface area contributed by atoms with Crippen LogP contribution in [0.5, 0.6) is 0 Å². The minimum atomic E-state index is -1.00. The van der Waals surface area contributed by atoms with Crippen LogP contribution in [0.1, 0.15) is 23.5 Å². The molecule has 0 saturated heterocycles. The van der Waals surface area contributed by atoms with Gasteiger partial charge >= 0.3 is 0 Å². The van der Waals surface area contributed by atoms with Crippen LogP contribution in [0.25, 0.3) is 11.2 Å². The lowest BCUT2D eigenvalue weighted by atomic mass is 10.1. The SMILES string of the molecule is C#Cc1cnc(C2=CCN(c3nc4c(c5nccn35)[S@](=O)CC4)CC2)nc1. The largest absolute Gasteiger partial charge is 0.338 e. The fraction of sp³-hybridized carbons (Fsp3) is 0.263. The normalized spacial score (nSPS) is 19.0. The third-order valence-corrected chi connectivity index (χ3v) is 6.35. The predicted molar refractivity (Wildman–Crippen MR) is 103 cm³/mol. The van der Waals surface area contributed by atoms with Crippen LogP contribution < -0.4 is 4.90 Å². The average molecular weight is 376 g/mol. The van der Waals surface area contributed by atoms with Crippen molar-refractivity contribution in [2.75, 3.05) is 23.7 Å². The van der Waals surface area contributed by atoms with Gasteiger partial charge in [0.15, 0.2) is 11.5 Å². The summed E-state index contributed by atoms with van der Waals surface area (Å²) in [5, 5.41) is 0. The Hall–Kier alpha value is -3.05. The highest BCUT2D eigenvalue weighted by Gasteiger charge is 2.27. The Morgan fingerprint density at radius 1 is 1.19 bits per heavy atom. The van der Waals surface area contributed by atoms with Crippen LogP contribution in [0.15, 0.2) is 35.8 Å². The zero-order valence-corrected chi connectivity index (χ0v) is 15.3. The van der Waals surface area contributed by atoms with Crippen molar-refractivity contribution in [1.29, 1.82) is 0 Å². The number of anilines is 1. The Labute approximate surface area is 158 Å². The van der Waals surface area contributed by atoms with Crippen molar-refractivity contribution in [2.24, 2.45) is 0 Å². The monoisotopic (exact) mass is 376 g/mol. The molecule has 3 aromatic heterocycles. The molecule has 5 rings (SSSR count). The molecular weight excluding hydrogens is 360 g/mol. The number of hydrogen-bond donors (Lipinski definition) is 0. The Kier molecular flexibility index (Phi) is 3.76. The topological polar surface area (TPSA) is 76.3 Å². The molecule has 0 bridgehead atoms. The van der Waals surface area contributed by atoms with E-state index in [0.29, 0.717) is 17.9 Å². The zero-order chi connectivity index (χ0) is 18.4. The Balaban J connectivity index is 1.47. The molecule has 0 aliphatic carbocycles. The van der Waals surface area contributed by atoms with Gasteiger partial charge in [-0.15, -0.1) is 6.42 Å². The summed E-state index contributed by atoms with van der Waals surface area (Å²) in [7, 11) is -1.00. The van der Waals surface area contributed by atoms with E-state index in [0.717, 1.165) is 53.0 Å². The van der Waals surface area contributed by atoms with Crippen LogP contribution in [0, 0.1) is 12.3 Å². The van der Waals surface area contributed by atoms with Gasteiger partial charge in [-0.3, -0.25) is 8.61 Å². The standard InChI is InChI=1S/C19H16N6OS/c1-2-13-11-21-17(22-12-13)14-3-7-24(8-4-14)19-23-15-5-10-27(26)16(15)18-20-6-9-25(18)19/h1,3,6,9,11-12H,4-5,7-8,10H2/t27-/m1/s1. The van der Waals surface area contributed by atoms with Crippen LogP contribution in [0.4, 0.5) is 5.95 Å². The molecule has 0 spiro atoms. The third-order valence-electron chi connectivity index (χ3n) is 4.91. The molecule has 0 aromatic carbocycles. The minimum absolute atomic E-state index is 0.628. The first kappa shape index (κ1) is 16.1. The molecule has 0 amide bonds. The van der Waals surface area contributed by atoms with Crippen molar-refractivity contribution in [3.8, 4) is 12.3 Å². The highest BCUT2D eigenvalue weighted by molar-refractivity contribution is 7.85. The average Bonchev–Trinajstić information content (AvgIpc) is 3.34. The van der Waals surface area contributed by atoms with Crippen molar-refractivity contribution in [3.05, 3.63) is 47.9 Å². The number of aryl methyl sites for hydroxylation is 1. The molecule has 5 heterocycles. The molecule has 0 unspecified atom stereocenters. The van der Waals surface area contributed by atoms with Crippen LogP contribution in [0.3, 0.4) is 0 Å². The van der Waals surface area contributed by atoms with Gasteiger partial charge in [-0.2, -0.15) is 0 Å². The van der Waals surface area contributed by atoms with Crippen LogP contribution in [-0.2, 0) is 17.2 Å². The predicted octanol–water partition coefficient (Wildman–Crippen LogP) is 1.46. The molecule has 2 aliphatic rings. The van der Waals surface area contributed by atoms with Crippen molar-refractivity contribution in [2.45, 2.75) is 17.7 Å². The lowest BCUT2D eigenvalue weighted by molar-refractivity contribution is 0.685. The zero-order valence-electron chi connectivity index (χ0n) is 14.5. The molecule has 7 nitrogen and oxygen atoms in total. The summed E-state index contributed by atoms with van der Waals surface area (Å²) in [5.74, 6) is 4.73. The Morgan fingerprint density at radius 3 is 2.78 bits per heavy atom. The summed E-state index contributed by atoms with van der Waals surface area (Å²) in [6.07, 6.45) is 16.0. The lowest BCUT2D eigenvalue weighted by Gasteiger charge is -2.28. The molecule has 27 heavy (non-hydrogen) atoms. The summed E-state index contributed by atoms with van der Waals surface area (Å²) in [5.41, 5.74) is 3.46. The van der Waals surface area contributed by atoms with Crippen molar-refractivity contribution >= 4 is 28.0 Å². The van der Waals surface area contributed by atoms with E-state index in [1.807, 2.05) is 10.6 Å². The molecule has 0 radical (unpaired) electrons. The maximum atomic E-state index is 12.3. The van der Waals surface area contributed by atoms with Gasteiger partial charge in [0.25, 0.3) is 0 Å². The van der Waals surface area contributed by atoms with E-state index in [2.05, 4.69) is 31.8 Å². The van der Waals surface area contributed by atoms with Crippen molar-refractivity contribution in [3.63, 3.8) is 0 Å². The molecule has 0 saturated carbocycles. The molecular formula is C19H16N6OS. The quantitative estimate of drug-likeness (QED) is 0.630. The first-order valence-corrected chi connectivity index (χ1v) is 10.0. The fourth-order valence-electron chi connectivity index (χ4n) is 3.53. The molecule has 134 valence electrons. The van der Waals surface area contributed by atoms with E-state index in [4.69, 9.17) is 11.4 Å². The maximum absolute atomic E-state index is 12.3. The second-order valence-corrected chi connectivity index (χ2v) is 7.98. The van der Waals surface area contributed by atoms with Crippen molar-refractivity contribution < 1.29 is 4.21 Å². The highest BCUT2D eigenvalue weighted by Crippen LogP contribution is 2.30. The summed E-state index contributed by atoms with van der Waals surface area (Å²) < 4.78 is 14.2. The van der Waals surface area contributed by atoms with Crippen LogP contribution in [0.2, 0.25) is 0 Å². The number of terminal acetylenes is 1. The number of nitrogens with zero attached hydrogens (tertiary/aromatic N) is 6. The number of fused-ring (bicyclic) bond motifs is 3. The van der Waals surface area contributed by atoms with E-state index in [9.17, 15) is 4.21 Å². The second kappa shape index (κ2) is 6.28. The van der Waals surface area contributed by atoms with Gasteiger partial charge in [0.2, 0.25) is 5.95 Å². The summed E-state index contributed by atoms with van der Waals surface area (Å²) >= 11 is 0. The number of aromatic nitrogens is 5. The van der Waals surface area contributed by atoms with E-state index >= 15 is 0 Å². The van der Waals surface area contributed by atoms with Gasteiger partial charge in [0, 0.05) is 50.1 Å². The fourth-order valence-corrected chi connectivity index (χ4v) is 4.87. The molecule has 2 aliphatic heterocycles. The molecule has 3 aromatic rings. The van der Waals surface area contributed by atoms with Gasteiger partial charge in [-0.1, -0.05) is 12.0 Å². The molecule has 0 N–H and O–H groups in total. The number of imidazole rings is 1. The summed E-state index contributed by atoms with van der Waals surface area (Å²) in [6, 6.07) is 0. The smallest absolute Gasteiger partial charge is 0.211 e. The van der Waals surface area contributed by atoms with Gasteiger partial charge in [-0.25, -0.2) is 19.9 Å². The lowest BCUT2D eigenvalue weighted by Crippen LogP contribution is -2.31. The van der Waals surface area contributed by atoms with Gasteiger partial charge in [0.05, 0.1) is 22.1 Å². The van der Waals surface area contributed by atoms with E-state index < -0.39 is 10.8 Å². The van der Waals surface area contributed by atoms with Crippen LogP contribution >= 0.6 is 0 Å². The van der Waals surface area contributed by atoms with E-state index in [1.54, 1.807) is 18.6 Å². The van der Waals surface area contributed by atoms with Gasteiger partial charge in [0.1, 0.15) is 4.90 Å². The Morgan fingerprint density at radius 2 is 2.04 bits per heavy atom. The number of hydrogen-bond acceptors (Lipinski definition) is 6.